The summed E-state index contributed by atoms with van der Waals surface area (Å²) < 4.78 is 31.8. The molecule has 24 heteroatoms. The van der Waals surface area contributed by atoms with Gasteiger partial charge in [-0.15, -0.1) is 0 Å². The molecule has 4 fully saturated rings. The van der Waals surface area contributed by atoms with Gasteiger partial charge in [0.1, 0.15) is 21.6 Å². The first-order valence-electron chi connectivity index (χ1n) is 22.9. The van der Waals surface area contributed by atoms with Crippen LogP contribution in [0.5, 0.6) is 0 Å². The first-order valence-corrected chi connectivity index (χ1v) is 26.0. The molecule has 8 rings (SSSR count). The molecule has 7 N–H and O–H groups in total. The fourth-order valence-corrected chi connectivity index (χ4v) is 12.9. The van der Waals surface area contributed by atoms with Gasteiger partial charge in [-0.05, 0) is 112 Å². The van der Waals surface area contributed by atoms with E-state index >= 15 is 0 Å². The molecule has 0 unspecified atom stereocenters. The topological polar surface area (TPSA) is 306 Å². The molecule has 3 saturated carbocycles. The zero-order valence-corrected chi connectivity index (χ0v) is 42.4. The number of fused-ring (bicyclic) bond motifs is 7. The van der Waals surface area contributed by atoms with Crippen molar-refractivity contribution < 1.29 is 76.9 Å². The minimum Gasteiger partial charge on any atom is -0.481 e. The maximum atomic E-state index is 14.5. The van der Waals surface area contributed by atoms with E-state index < -0.39 is 110 Å². The van der Waals surface area contributed by atoms with Crippen LogP contribution in [0.1, 0.15) is 76.2 Å². The van der Waals surface area contributed by atoms with Crippen LogP contribution in [0.25, 0.3) is 0 Å². The summed E-state index contributed by atoms with van der Waals surface area (Å²) in [6, 6.07) is 7.17. The lowest BCUT2D eigenvalue weighted by molar-refractivity contribution is -0.200. The van der Waals surface area contributed by atoms with E-state index in [1.165, 1.54) is 6.08 Å². The van der Waals surface area contributed by atoms with Gasteiger partial charge in [0, 0.05) is 66.3 Å². The number of ether oxygens (including phenoxy) is 2. The number of carboxylic acid groups (broad SMARTS) is 1. The Morgan fingerprint density at radius 1 is 1.03 bits per heavy atom. The van der Waals surface area contributed by atoms with Gasteiger partial charge in [0.2, 0.25) is 17.7 Å². The molecule has 3 heterocycles. The van der Waals surface area contributed by atoms with Crippen molar-refractivity contribution in [2.45, 2.75) is 95.5 Å². The van der Waals surface area contributed by atoms with Crippen LogP contribution in [-0.4, -0.2) is 120 Å². The van der Waals surface area contributed by atoms with Gasteiger partial charge >= 0.3 is 13.8 Å². The lowest BCUT2D eigenvalue weighted by atomic mass is 9.46. The molecule has 6 aliphatic rings. The van der Waals surface area contributed by atoms with Crippen molar-refractivity contribution in [3.8, 4) is 0 Å². The van der Waals surface area contributed by atoms with Crippen LogP contribution in [-0.2, 0) is 63.5 Å². The summed E-state index contributed by atoms with van der Waals surface area (Å²) in [7, 11) is -5.08. The maximum Gasteiger partial charge on any atom is 0.470 e. The van der Waals surface area contributed by atoms with Crippen molar-refractivity contribution in [2.75, 3.05) is 25.0 Å². The highest BCUT2D eigenvalue weighted by Gasteiger charge is 2.76. The van der Waals surface area contributed by atoms with E-state index in [4.69, 9.17) is 14.0 Å². The smallest absolute Gasteiger partial charge is 0.470 e. The molecule has 1 aromatic heterocycles. The molecule has 380 valence electrons. The number of ketones is 2. The number of benzene rings is 1. The van der Waals surface area contributed by atoms with Gasteiger partial charge in [-0.25, -0.2) is 4.57 Å². The number of aromatic nitrogens is 1. The number of imide groups is 1. The summed E-state index contributed by atoms with van der Waals surface area (Å²) >= 11 is 6.01. The number of hydrogen-bond donors (Lipinski definition) is 7. The molecular formula is C47H52Br2N5O16P. The summed E-state index contributed by atoms with van der Waals surface area (Å²) in [5, 5.41) is 28.9. The lowest BCUT2D eigenvalue weighted by Gasteiger charge is -2.59. The van der Waals surface area contributed by atoms with Crippen molar-refractivity contribution in [2.24, 2.45) is 28.6 Å². The number of phosphoric ester groups is 1. The van der Waals surface area contributed by atoms with E-state index in [0.717, 1.165) is 10.5 Å². The second-order valence-corrected chi connectivity index (χ2v) is 22.0. The molecule has 1 aromatic carbocycles. The SMILES string of the molecule is C[C@]12C=CC(=O)C=C1CC[C@@H]1[C@@H]2[C@@H](O)C[C@@]2(C)[C@H]1C[C@H]1O[C@@H](c3ccn(Cc4cccc(NC(=O)[C@H](CCC(=O)O)NC(=O)CNC(=O)CCN5C(=O)C(Br)=C(Br)C5=O)c4)c3)O[C@]12C(=O)COP(=O)(O)O. The number of carbonyl (C=O) groups is 8. The van der Waals surface area contributed by atoms with E-state index in [1.54, 1.807) is 53.4 Å². The lowest BCUT2D eigenvalue weighted by Crippen LogP contribution is -2.63. The Labute approximate surface area is 423 Å². The van der Waals surface area contributed by atoms with E-state index in [2.05, 4.69) is 47.8 Å². The van der Waals surface area contributed by atoms with Crippen molar-refractivity contribution >= 4 is 92.4 Å². The van der Waals surface area contributed by atoms with Crippen LogP contribution in [0.2, 0.25) is 0 Å². The largest absolute Gasteiger partial charge is 0.481 e. The first-order chi connectivity index (χ1) is 33.4. The molecule has 10 atom stereocenters. The number of aliphatic carboxylic acids is 1. The van der Waals surface area contributed by atoms with Gasteiger partial charge in [0.05, 0.1) is 18.8 Å². The number of aliphatic hydroxyl groups is 1. The fraction of sp³-hybridized carbons (Fsp3) is 0.489. The number of anilines is 1. The third-order valence-electron chi connectivity index (χ3n) is 15.0. The molecule has 4 aliphatic carbocycles. The Morgan fingerprint density at radius 2 is 1.76 bits per heavy atom. The Hall–Kier alpha value is -4.97. The van der Waals surface area contributed by atoms with Crippen LogP contribution in [0, 0.1) is 28.6 Å². The number of Topliss-reactive ketones (excluding diaryl/α,β-unsaturated/α-hetero) is 1. The summed E-state index contributed by atoms with van der Waals surface area (Å²) in [5.74, 6) is -6.04. The van der Waals surface area contributed by atoms with Gasteiger partial charge in [-0.1, -0.05) is 37.6 Å². The molecule has 0 spiro atoms. The number of aliphatic hydroxyl groups excluding tert-OH is 1. The van der Waals surface area contributed by atoms with E-state index in [1.807, 2.05) is 19.9 Å². The molecule has 0 bridgehead atoms. The number of phosphoric acid groups is 1. The molecule has 5 amide bonds. The average molecular weight is 1130 g/mol. The fourth-order valence-electron chi connectivity index (χ4n) is 11.8. The second kappa shape index (κ2) is 20.1. The highest BCUT2D eigenvalue weighted by Crippen LogP contribution is 2.70. The van der Waals surface area contributed by atoms with Crippen LogP contribution in [0.15, 0.2) is 75.5 Å². The van der Waals surface area contributed by atoms with Gasteiger partial charge < -0.3 is 50.0 Å². The van der Waals surface area contributed by atoms with E-state index in [-0.39, 0.29) is 64.9 Å². The monoisotopic (exact) mass is 1130 g/mol. The van der Waals surface area contributed by atoms with E-state index in [0.29, 0.717) is 36.1 Å². The van der Waals surface area contributed by atoms with Crippen molar-refractivity contribution in [1.82, 2.24) is 20.1 Å². The molecule has 0 radical (unpaired) electrons. The second-order valence-electron chi connectivity index (χ2n) is 19.2. The Balaban J connectivity index is 0.918. The summed E-state index contributed by atoms with van der Waals surface area (Å²) in [6.07, 6.45) is 6.36. The molecule has 2 aliphatic heterocycles. The van der Waals surface area contributed by atoms with E-state index in [9.17, 15) is 62.9 Å². The highest BCUT2D eigenvalue weighted by molar-refractivity contribution is 9.14. The van der Waals surface area contributed by atoms with Crippen LogP contribution in [0.3, 0.4) is 0 Å². The average Bonchev–Trinajstić information content (AvgIpc) is 4.04. The highest BCUT2D eigenvalue weighted by atomic mass is 79.9. The Bertz CT molecular complexity index is 2710. The first kappa shape index (κ1) is 52.4. The molecule has 2 aromatic rings. The number of rotatable bonds is 18. The van der Waals surface area contributed by atoms with Crippen LogP contribution in [0.4, 0.5) is 5.69 Å². The predicted octanol–water partition coefficient (Wildman–Crippen LogP) is 3.42. The summed E-state index contributed by atoms with van der Waals surface area (Å²) in [5.41, 5.74) is -0.881. The molecule has 71 heavy (non-hydrogen) atoms. The normalized spacial score (nSPS) is 30.3. The van der Waals surface area contributed by atoms with Crippen LogP contribution < -0.4 is 16.0 Å². The zero-order valence-electron chi connectivity index (χ0n) is 38.4. The number of nitrogens with zero attached hydrogens (tertiary/aromatic N) is 2. The van der Waals surface area contributed by atoms with Gasteiger partial charge in [0.25, 0.3) is 11.8 Å². The Morgan fingerprint density at radius 3 is 2.46 bits per heavy atom. The number of allylic oxidation sites excluding steroid dienone is 4. The van der Waals surface area contributed by atoms with Gasteiger partial charge in [-0.3, -0.25) is 47.8 Å². The number of hydrogen-bond acceptors (Lipinski definition) is 13. The third kappa shape index (κ3) is 10.2. The molecule has 21 nitrogen and oxygen atoms in total. The van der Waals surface area contributed by atoms with Crippen LogP contribution >= 0.6 is 39.7 Å². The number of nitrogens with one attached hydrogen (secondary N) is 3. The van der Waals surface area contributed by atoms with Gasteiger partial charge in [0.15, 0.2) is 23.5 Å². The molecular weight excluding hydrogens is 1080 g/mol. The van der Waals surface area contributed by atoms with Crippen molar-refractivity contribution in [3.05, 3.63) is 86.6 Å². The summed E-state index contributed by atoms with van der Waals surface area (Å²) in [4.78, 5) is 122. The van der Waals surface area contributed by atoms with Crippen molar-refractivity contribution in [1.29, 1.82) is 0 Å². The third-order valence-corrected chi connectivity index (χ3v) is 17.5. The zero-order chi connectivity index (χ0) is 51.4. The quantitative estimate of drug-likeness (QED) is 0.0831. The van der Waals surface area contributed by atoms with Gasteiger partial charge in [-0.2, -0.15) is 0 Å². The maximum absolute atomic E-state index is 14.5. The number of carbonyl (C=O) groups excluding carboxylic acids is 7. The predicted molar refractivity (Wildman–Crippen MR) is 254 cm³/mol. The summed E-state index contributed by atoms with van der Waals surface area (Å²) in [6.45, 7) is 2.37. The number of halogens is 2. The minimum absolute atomic E-state index is 0.0195. The Kier molecular flexibility index (Phi) is 14.9. The number of amides is 5. The number of carboxylic acids is 1. The molecule has 1 saturated heterocycles. The van der Waals surface area contributed by atoms with Crippen molar-refractivity contribution in [3.63, 3.8) is 0 Å². The standard InChI is InChI=1S/C47H52Br2N5O16P/c1-45-13-10-28(55)17-26(45)6-7-29-30-18-34-47(33(57)23-68-71(65,66)67,46(30,2)19-32(56)38(29)45)70-44(69-34)25-11-14-53(22-25)21-24-4-3-5-27(16-24)51-41(62)31(8-9-37(60)61)52-36(59)20-50-35(58)12-15-54-42(63)39(48)40(49)43(54)64/h3-5,10-11,13-14,16-17,22,29-32,34,38,44,56H,6-9,12,15,18-21,23H2,1-2H3,(H,50,58)(H,51,62)(H,52,59)(H,60,61)(H2,65,66,67)/t29-,30-,31-,32-,34+,38+,44+,45-,46-,47+/m0/s1. The minimum atomic E-state index is -5.08.